The molecule has 5 nitrogen and oxygen atoms in total. The molecule has 0 amide bonds. The smallest absolute Gasteiger partial charge is 0.173 e. The summed E-state index contributed by atoms with van der Waals surface area (Å²) in [5.41, 5.74) is 6.84. The summed E-state index contributed by atoms with van der Waals surface area (Å²) in [5.74, 6) is 0.970. The molecule has 0 aliphatic carbocycles. The molecule has 104 valence electrons. The molecule has 0 aliphatic rings. The van der Waals surface area contributed by atoms with Gasteiger partial charge in [-0.1, -0.05) is 33.2 Å². The van der Waals surface area contributed by atoms with Gasteiger partial charge in [0.25, 0.3) is 0 Å². The first-order valence-electron chi connectivity index (χ1n) is 5.79. The summed E-state index contributed by atoms with van der Waals surface area (Å²) in [6, 6.07) is 12.2. The van der Waals surface area contributed by atoms with Crippen molar-refractivity contribution >= 4 is 21.8 Å². The Hall–Kier alpha value is -2.05. The van der Waals surface area contributed by atoms with Crippen molar-refractivity contribution < 1.29 is 15.1 Å². The maximum absolute atomic E-state index is 9.12. The number of amidine groups is 1. The van der Waals surface area contributed by atoms with Crippen LogP contribution in [0, 0.1) is 0 Å². The zero-order valence-corrected chi connectivity index (χ0v) is 12.0. The molecule has 0 saturated heterocycles. The first kappa shape index (κ1) is 14.4. The van der Waals surface area contributed by atoms with Gasteiger partial charge in [-0.2, -0.15) is 0 Å². The van der Waals surface area contributed by atoms with Gasteiger partial charge in [0.05, 0.1) is 12.2 Å². The monoisotopic (exact) mass is 336 g/mol. The molecule has 0 bridgehead atoms. The lowest BCUT2D eigenvalue weighted by Gasteiger charge is -2.11. The highest BCUT2D eigenvalue weighted by atomic mass is 79.9. The lowest BCUT2D eigenvalue weighted by Crippen LogP contribution is -2.14. The lowest BCUT2D eigenvalue weighted by atomic mass is 10.2. The maximum Gasteiger partial charge on any atom is 0.173 e. The molecule has 0 aliphatic heterocycles. The van der Waals surface area contributed by atoms with Crippen molar-refractivity contribution in [1.29, 1.82) is 0 Å². The largest absolute Gasteiger partial charge is 0.457 e. The van der Waals surface area contributed by atoms with Crippen LogP contribution in [0.2, 0.25) is 0 Å². The van der Waals surface area contributed by atoms with Gasteiger partial charge in [-0.25, -0.2) is 0 Å². The topological polar surface area (TPSA) is 88.1 Å². The highest BCUT2D eigenvalue weighted by Crippen LogP contribution is 2.29. The Morgan fingerprint density at radius 1 is 1.25 bits per heavy atom. The van der Waals surface area contributed by atoms with Crippen LogP contribution in [0.25, 0.3) is 0 Å². The summed E-state index contributed by atoms with van der Waals surface area (Å²) < 4.78 is 6.55. The van der Waals surface area contributed by atoms with Gasteiger partial charge in [0, 0.05) is 4.47 Å². The molecule has 2 aromatic rings. The summed E-state index contributed by atoms with van der Waals surface area (Å²) in [5, 5.41) is 20.9. The molecular weight excluding hydrogens is 324 g/mol. The van der Waals surface area contributed by atoms with Crippen molar-refractivity contribution in [3.05, 3.63) is 58.1 Å². The average molecular weight is 337 g/mol. The van der Waals surface area contributed by atoms with Gasteiger partial charge in [0.15, 0.2) is 5.84 Å². The van der Waals surface area contributed by atoms with Gasteiger partial charge >= 0.3 is 0 Å². The van der Waals surface area contributed by atoms with Crippen molar-refractivity contribution in [2.75, 3.05) is 0 Å². The van der Waals surface area contributed by atoms with Gasteiger partial charge in [0.2, 0.25) is 0 Å². The lowest BCUT2D eigenvalue weighted by molar-refractivity contribution is 0.281. The van der Waals surface area contributed by atoms with Crippen LogP contribution in [0.3, 0.4) is 0 Å². The van der Waals surface area contributed by atoms with E-state index in [0.29, 0.717) is 17.1 Å². The Kier molecular flexibility index (Phi) is 4.60. The van der Waals surface area contributed by atoms with E-state index in [9.17, 15) is 0 Å². The molecule has 20 heavy (non-hydrogen) atoms. The second kappa shape index (κ2) is 6.40. The van der Waals surface area contributed by atoms with Gasteiger partial charge in [-0.15, -0.1) is 0 Å². The van der Waals surface area contributed by atoms with E-state index >= 15 is 0 Å². The van der Waals surface area contributed by atoms with Crippen LogP contribution < -0.4 is 10.5 Å². The molecule has 0 aromatic heterocycles. The van der Waals surface area contributed by atoms with Crippen molar-refractivity contribution in [3.63, 3.8) is 0 Å². The van der Waals surface area contributed by atoms with Gasteiger partial charge < -0.3 is 20.8 Å². The summed E-state index contributed by atoms with van der Waals surface area (Å²) in [6.45, 7) is -0.0667. The van der Waals surface area contributed by atoms with E-state index in [1.807, 2.05) is 0 Å². The third-order valence-corrected chi connectivity index (χ3v) is 3.13. The van der Waals surface area contributed by atoms with E-state index in [2.05, 4.69) is 21.1 Å². The number of halogens is 1. The molecule has 2 rings (SSSR count). The Balaban J connectivity index is 2.39. The first-order chi connectivity index (χ1) is 9.63. The normalized spacial score (nSPS) is 11.4. The molecular formula is C14H13BrN2O3. The molecule has 0 unspecified atom stereocenters. The molecule has 2 aromatic carbocycles. The number of hydrogen-bond donors (Lipinski definition) is 3. The van der Waals surface area contributed by atoms with E-state index in [1.54, 1.807) is 42.5 Å². The van der Waals surface area contributed by atoms with E-state index < -0.39 is 0 Å². The van der Waals surface area contributed by atoms with Crippen LogP contribution in [-0.2, 0) is 6.61 Å². The Morgan fingerprint density at radius 3 is 2.75 bits per heavy atom. The number of nitrogens with two attached hydrogens (primary N) is 1. The van der Waals surface area contributed by atoms with Crippen molar-refractivity contribution in [2.24, 2.45) is 10.9 Å². The van der Waals surface area contributed by atoms with Crippen LogP contribution in [0.15, 0.2) is 52.1 Å². The van der Waals surface area contributed by atoms with E-state index in [0.717, 1.165) is 10.0 Å². The zero-order valence-electron chi connectivity index (χ0n) is 10.5. The summed E-state index contributed by atoms with van der Waals surface area (Å²) in [4.78, 5) is 0. The number of aliphatic hydroxyl groups excluding tert-OH is 1. The summed E-state index contributed by atoms with van der Waals surface area (Å²) in [6.07, 6.45) is 0. The standard InChI is InChI=1S/C14H13BrN2O3/c15-10-4-5-12(14(16)17-19)13(7-10)20-11-3-1-2-9(6-11)8-18/h1-7,18-19H,8H2,(H2,16,17). The van der Waals surface area contributed by atoms with E-state index in [1.165, 1.54) is 0 Å². The van der Waals surface area contributed by atoms with Crippen LogP contribution in [0.1, 0.15) is 11.1 Å². The number of ether oxygens (including phenoxy) is 1. The number of rotatable bonds is 4. The number of oxime groups is 1. The van der Waals surface area contributed by atoms with Gasteiger partial charge in [0.1, 0.15) is 11.5 Å². The number of aliphatic hydroxyl groups is 1. The Bertz CT molecular complexity index is 644. The minimum absolute atomic E-state index is 0.0363. The molecule has 4 N–H and O–H groups in total. The Labute approximate surface area is 124 Å². The second-order valence-corrected chi connectivity index (χ2v) is 4.95. The van der Waals surface area contributed by atoms with Crippen LogP contribution >= 0.6 is 15.9 Å². The van der Waals surface area contributed by atoms with E-state index in [4.69, 9.17) is 20.8 Å². The summed E-state index contributed by atoms with van der Waals surface area (Å²) >= 11 is 3.35. The fraction of sp³-hybridized carbons (Fsp3) is 0.0714. The van der Waals surface area contributed by atoms with Gasteiger partial charge in [-0.05, 0) is 35.9 Å². The maximum atomic E-state index is 9.12. The fourth-order valence-corrected chi connectivity index (χ4v) is 2.02. The fourth-order valence-electron chi connectivity index (χ4n) is 1.68. The predicted molar refractivity (Wildman–Crippen MR) is 79.1 cm³/mol. The second-order valence-electron chi connectivity index (χ2n) is 4.03. The number of nitrogens with zero attached hydrogens (tertiary/aromatic N) is 1. The highest BCUT2D eigenvalue weighted by molar-refractivity contribution is 9.10. The molecule has 0 saturated carbocycles. The van der Waals surface area contributed by atoms with Gasteiger partial charge in [-0.3, -0.25) is 0 Å². The Morgan fingerprint density at radius 2 is 2.05 bits per heavy atom. The number of benzene rings is 2. The third-order valence-electron chi connectivity index (χ3n) is 2.64. The molecule has 0 fully saturated rings. The first-order valence-corrected chi connectivity index (χ1v) is 6.58. The van der Waals surface area contributed by atoms with Crippen molar-refractivity contribution in [2.45, 2.75) is 6.61 Å². The van der Waals surface area contributed by atoms with Crippen LogP contribution in [0.5, 0.6) is 11.5 Å². The molecule has 0 atom stereocenters. The van der Waals surface area contributed by atoms with Crippen LogP contribution in [-0.4, -0.2) is 16.1 Å². The third kappa shape index (κ3) is 3.28. The highest BCUT2D eigenvalue weighted by Gasteiger charge is 2.10. The minimum Gasteiger partial charge on any atom is -0.457 e. The zero-order chi connectivity index (χ0) is 14.5. The minimum atomic E-state index is -0.0667. The van der Waals surface area contributed by atoms with Crippen molar-refractivity contribution in [1.82, 2.24) is 0 Å². The molecule has 0 spiro atoms. The van der Waals surface area contributed by atoms with Crippen LogP contribution in [0.4, 0.5) is 0 Å². The summed E-state index contributed by atoms with van der Waals surface area (Å²) in [7, 11) is 0. The molecule has 0 radical (unpaired) electrons. The number of hydrogen-bond acceptors (Lipinski definition) is 4. The predicted octanol–water partition coefficient (Wildman–Crippen LogP) is 2.83. The van der Waals surface area contributed by atoms with Crippen molar-refractivity contribution in [3.8, 4) is 11.5 Å². The molecule has 6 heteroatoms. The average Bonchev–Trinajstić information content (AvgIpc) is 2.47. The SMILES string of the molecule is N/C(=N/O)c1ccc(Br)cc1Oc1cccc(CO)c1. The quantitative estimate of drug-likeness (QED) is 0.346. The molecule has 0 heterocycles. The van der Waals surface area contributed by atoms with E-state index in [-0.39, 0.29) is 12.4 Å².